The summed E-state index contributed by atoms with van der Waals surface area (Å²) in [4.78, 5) is 16.3. The standard InChI is InChI=1S/C19H14N2O2S/c22-19-17(16-3-1-2-4-18(16)21-19)9-13-5-7-15(8-6-13)23-10-14-11-24-12-20-14/h1-9,11-12H,10H2,(H,21,22)/b17-9+. The molecule has 0 unspecified atom stereocenters. The Morgan fingerprint density at radius 1 is 1.12 bits per heavy atom. The molecule has 0 radical (unpaired) electrons. The zero-order chi connectivity index (χ0) is 16.4. The predicted octanol–water partition coefficient (Wildman–Crippen LogP) is 4.21. The highest BCUT2D eigenvalue weighted by atomic mass is 32.1. The van der Waals surface area contributed by atoms with Crippen molar-refractivity contribution >= 4 is 34.6 Å². The summed E-state index contributed by atoms with van der Waals surface area (Å²) in [7, 11) is 0. The Balaban J connectivity index is 1.52. The Morgan fingerprint density at radius 3 is 2.75 bits per heavy atom. The maximum absolute atomic E-state index is 12.1. The van der Waals surface area contributed by atoms with Crippen LogP contribution in [0, 0.1) is 0 Å². The molecule has 0 aliphatic carbocycles. The number of anilines is 1. The zero-order valence-corrected chi connectivity index (χ0v) is 13.5. The van der Waals surface area contributed by atoms with E-state index in [1.165, 1.54) is 0 Å². The lowest BCUT2D eigenvalue weighted by Crippen LogP contribution is -2.03. The molecule has 1 amide bonds. The summed E-state index contributed by atoms with van der Waals surface area (Å²) >= 11 is 1.55. The number of para-hydroxylation sites is 1. The number of amides is 1. The number of hydrogen-bond donors (Lipinski definition) is 1. The van der Waals surface area contributed by atoms with Crippen molar-refractivity contribution in [2.24, 2.45) is 0 Å². The monoisotopic (exact) mass is 334 g/mol. The Labute approximate surface area is 143 Å². The molecule has 2 aromatic carbocycles. The number of nitrogens with zero attached hydrogens (tertiary/aromatic N) is 1. The van der Waals surface area contributed by atoms with E-state index in [9.17, 15) is 4.79 Å². The average Bonchev–Trinajstić information content (AvgIpc) is 3.23. The van der Waals surface area contributed by atoms with Crippen LogP contribution < -0.4 is 10.1 Å². The van der Waals surface area contributed by atoms with Crippen LogP contribution in [0.1, 0.15) is 16.8 Å². The molecular weight excluding hydrogens is 320 g/mol. The Kier molecular flexibility index (Phi) is 3.84. The second-order valence-electron chi connectivity index (χ2n) is 5.40. The molecule has 118 valence electrons. The maximum Gasteiger partial charge on any atom is 0.256 e. The number of benzene rings is 2. The Bertz CT molecular complexity index is 899. The van der Waals surface area contributed by atoms with Crippen molar-refractivity contribution in [1.29, 1.82) is 0 Å². The molecule has 0 spiro atoms. The first-order valence-electron chi connectivity index (χ1n) is 7.52. The van der Waals surface area contributed by atoms with Crippen LogP contribution in [0.3, 0.4) is 0 Å². The highest BCUT2D eigenvalue weighted by Gasteiger charge is 2.23. The van der Waals surface area contributed by atoms with Gasteiger partial charge in [0.1, 0.15) is 12.4 Å². The second-order valence-corrected chi connectivity index (χ2v) is 6.11. The van der Waals surface area contributed by atoms with Crippen LogP contribution in [0.25, 0.3) is 11.6 Å². The number of carbonyl (C=O) groups is 1. The number of ether oxygens (including phenoxy) is 1. The first kappa shape index (κ1) is 14.7. The minimum atomic E-state index is -0.0694. The molecule has 0 saturated carbocycles. The molecule has 4 rings (SSSR count). The lowest BCUT2D eigenvalue weighted by Gasteiger charge is -2.05. The van der Waals surface area contributed by atoms with Crippen LogP contribution in [0.2, 0.25) is 0 Å². The lowest BCUT2D eigenvalue weighted by molar-refractivity contribution is -0.110. The molecule has 1 aromatic heterocycles. The Hall–Kier alpha value is -2.92. The molecule has 1 aliphatic rings. The minimum Gasteiger partial charge on any atom is -0.487 e. The normalized spacial score (nSPS) is 14.5. The fourth-order valence-corrected chi connectivity index (χ4v) is 3.12. The number of thiazole rings is 1. The third kappa shape index (κ3) is 2.94. The maximum atomic E-state index is 12.1. The second kappa shape index (κ2) is 6.29. The van der Waals surface area contributed by atoms with Gasteiger partial charge >= 0.3 is 0 Å². The number of rotatable bonds is 4. The van der Waals surface area contributed by atoms with E-state index in [-0.39, 0.29) is 5.91 Å². The summed E-state index contributed by atoms with van der Waals surface area (Å²) in [6.07, 6.45) is 1.89. The van der Waals surface area contributed by atoms with Gasteiger partial charge in [0.2, 0.25) is 0 Å². The molecule has 0 atom stereocenters. The highest BCUT2D eigenvalue weighted by Crippen LogP contribution is 2.32. The lowest BCUT2D eigenvalue weighted by atomic mass is 10.0. The number of fused-ring (bicyclic) bond motifs is 1. The van der Waals surface area contributed by atoms with E-state index in [1.54, 1.807) is 16.8 Å². The van der Waals surface area contributed by atoms with E-state index in [0.29, 0.717) is 12.2 Å². The van der Waals surface area contributed by atoms with E-state index in [0.717, 1.165) is 28.3 Å². The van der Waals surface area contributed by atoms with Crippen LogP contribution in [-0.4, -0.2) is 10.9 Å². The molecule has 24 heavy (non-hydrogen) atoms. The molecule has 1 aliphatic heterocycles. The van der Waals surface area contributed by atoms with Crippen LogP contribution >= 0.6 is 11.3 Å². The van der Waals surface area contributed by atoms with Crippen molar-refractivity contribution < 1.29 is 9.53 Å². The molecule has 2 heterocycles. The van der Waals surface area contributed by atoms with Gasteiger partial charge in [0, 0.05) is 22.2 Å². The molecule has 5 heteroatoms. The van der Waals surface area contributed by atoms with E-state index in [1.807, 2.05) is 60.0 Å². The molecule has 0 saturated heterocycles. The van der Waals surface area contributed by atoms with Crippen molar-refractivity contribution in [3.8, 4) is 5.75 Å². The molecule has 0 fully saturated rings. The summed E-state index contributed by atoms with van der Waals surface area (Å²) in [5.41, 5.74) is 6.15. The van der Waals surface area contributed by atoms with Crippen LogP contribution in [0.4, 0.5) is 5.69 Å². The molecule has 4 nitrogen and oxygen atoms in total. The summed E-state index contributed by atoms with van der Waals surface area (Å²) in [6, 6.07) is 15.4. The summed E-state index contributed by atoms with van der Waals surface area (Å²) < 4.78 is 5.70. The van der Waals surface area contributed by atoms with Gasteiger partial charge < -0.3 is 10.1 Å². The average molecular weight is 334 g/mol. The van der Waals surface area contributed by atoms with Crippen molar-refractivity contribution in [3.63, 3.8) is 0 Å². The number of hydrogen-bond acceptors (Lipinski definition) is 4. The largest absolute Gasteiger partial charge is 0.487 e. The van der Waals surface area contributed by atoms with E-state index >= 15 is 0 Å². The van der Waals surface area contributed by atoms with Gasteiger partial charge in [0.05, 0.1) is 11.2 Å². The van der Waals surface area contributed by atoms with E-state index in [4.69, 9.17) is 4.74 Å². The quantitative estimate of drug-likeness (QED) is 0.727. The van der Waals surface area contributed by atoms with Gasteiger partial charge in [-0.2, -0.15) is 0 Å². The number of aromatic nitrogens is 1. The van der Waals surface area contributed by atoms with E-state index in [2.05, 4.69) is 10.3 Å². The van der Waals surface area contributed by atoms with Gasteiger partial charge in [0.25, 0.3) is 5.91 Å². The van der Waals surface area contributed by atoms with Crippen LogP contribution in [0.5, 0.6) is 5.75 Å². The van der Waals surface area contributed by atoms with Gasteiger partial charge in [0.15, 0.2) is 0 Å². The molecule has 0 bridgehead atoms. The third-order valence-electron chi connectivity index (χ3n) is 3.77. The van der Waals surface area contributed by atoms with Crippen LogP contribution in [-0.2, 0) is 11.4 Å². The van der Waals surface area contributed by atoms with Crippen molar-refractivity contribution in [2.45, 2.75) is 6.61 Å². The van der Waals surface area contributed by atoms with Gasteiger partial charge in [-0.3, -0.25) is 4.79 Å². The summed E-state index contributed by atoms with van der Waals surface area (Å²) in [6.45, 7) is 0.458. The first-order valence-corrected chi connectivity index (χ1v) is 8.46. The highest BCUT2D eigenvalue weighted by molar-refractivity contribution is 7.07. The van der Waals surface area contributed by atoms with Gasteiger partial charge in [-0.05, 0) is 29.8 Å². The van der Waals surface area contributed by atoms with Crippen LogP contribution in [0.15, 0.2) is 59.4 Å². The van der Waals surface area contributed by atoms with Gasteiger partial charge in [-0.25, -0.2) is 4.98 Å². The fourth-order valence-electron chi connectivity index (χ4n) is 2.58. The minimum absolute atomic E-state index is 0.0694. The first-order chi connectivity index (χ1) is 11.8. The third-order valence-corrected chi connectivity index (χ3v) is 4.41. The van der Waals surface area contributed by atoms with Gasteiger partial charge in [-0.15, -0.1) is 11.3 Å². The van der Waals surface area contributed by atoms with Crippen molar-refractivity contribution in [3.05, 3.63) is 76.2 Å². The predicted molar refractivity (Wildman–Crippen MR) is 95.8 cm³/mol. The summed E-state index contributed by atoms with van der Waals surface area (Å²) in [5, 5.41) is 4.84. The smallest absolute Gasteiger partial charge is 0.256 e. The summed E-state index contributed by atoms with van der Waals surface area (Å²) in [5.74, 6) is 0.710. The SMILES string of the molecule is O=C1Nc2ccccc2/C1=C\c1ccc(OCc2cscn2)cc1. The van der Waals surface area contributed by atoms with E-state index < -0.39 is 0 Å². The van der Waals surface area contributed by atoms with Gasteiger partial charge in [-0.1, -0.05) is 30.3 Å². The molecular formula is C19H14N2O2S. The fraction of sp³-hybridized carbons (Fsp3) is 0.0526. The molecule has 3 aromatic rings. The zero-order valence-electron chi connectivity index (χ0n) is 12.7. The number of carbonyl (C=O) groups excluding carboxylic acids is 1. The van der Waals surface area contributed by atoms with Crippen molar-refractivity contribution in [1.82, 2.24) is 4.98 Å². The number of nitrogens with one attached hydrogen (secondary N) is 1. The topological polar surface area (TPSA) is 51.2 Å². The molecule has 1 N–H and O–H groups in total. The van der Waals surface area contributed by atoms with Crippen molar-refractivity contribution in [2.75, 3.05) is 5.32 Å². The Morgan fingerprint density at radius 2 is 1.96 bits per heavy atom.